The second-order valence-electron chi connectivity index (χ2n) is 14.4. The van der Waals surface area contributed by atoms with E-state index in [9.17, 15) is 0 Å². The van der Waals surface area contributed by atoms with E-state index in [0.717, 1.165) is 0 Å². The molecule has 0 bridgehead atoms. The van der Waals surface area contributed by atoms with Crippen LogP contribution in [0.4, 0.5) is 0 Å². The first-order chi connectivity index (χ1) is 26.8. The maximum Gasteiger partial charge on any atom is -0.00201 e. The highest BCUT2D eigenvalue weighted by Gasteiger charge is 2.19. The van der Waals surface area contributed by atoms with Gasteiger partial charge in [-0.25, -0.2) is 0 Å². The van der Waals surface area contributed by atoms with E-state index >= 15 is 0 Å². The molecule has 0 amide bonds. The molecule has 0 fully saturated rings. The Hall–Kier alpha value is -7.02. The van der Waals surface area contributed by atoms with Crippen LogP contribution < -0.4 is 0 Å². The maximum absolute atomic E-state index is 2.40. The minimum absolute atomic E-state index is 1.23. The SMILES string of the molecule is c1ccc(-c2ccc(-c3c4ccccc4c(-c4ccc5ccc(-c6cc7ccccc7c7ccccc67)cc5c4)c4ccccc34)c3ccccc23)cc1. The van der Waals surface area contributed by atoms with Crippen molar-refractivity contribution in [2.45, 2.75) is 0 Å². The average Bonchev–Trinajstić information content (AvgIpc) is 3.25. The first kappa shape index (κ1) is 30.6. The molecule has 0 heterocycles. The first-order valence-electron chi connectivity index (χ1n) is 18.8. The molecule has 0 unspecified atom stereocenters. The Labute approximate surface area is 314 Å². The zero-order chi connectivity index (χ0) is 35.6. The molecule has 0 saturated carbocycles. The lowest BCUT2D eigenvalue weighted by atomic mass is 9.83. The summed E-state index contributed by atoms with van der Waals surface area (Å²) in [7, 11) is 0. The van der Waals surface area contributed by atoms with E-state index in [2.05, 4.69) is 206 Å². The third-order valence-electron chi connectivity index (χ3n) is 11.4. The Bertz CT molecular complexity index is 3200. The van der Waals surface area contributed by atoms with Crippen molar-refractivity contribution in [1.29, 1.82) is 0 Å². The summed E-state index contributed by atoms with van der Waals surface area (Å²) in [5, 5.41) is 15.2. The molecule has 0 saturated heterocycles. The van der Waals surface area contributed by atoms with Crippen molar-refractivity contribution in [3.05, 3.63) is 206 Å². The normalized spacial score (nSPS) is 11.7. The molecule has 0 heteroatoms. The Morgan fingerprint density at radius 2 is 0.648 bits per heavy atom. The van der Waals surface area contributed by atoms with Crippen LogP contribution in [-0.4, -0.2) is 0 Å². The average molecular weight is 683 g/mol. The quantitative estimate of drug-likeness (QED) is 0.128. The van der Waals surface area contributed by atoms with Crippen molar-refractivity contribution in [2.75, 3.05) is 0 Å². The van der Waals surface area contributed by atoms with Gasteiger partial charge in [0.05, 0.1) is 0 Å². The van der Waals surface area contributed by atoms with Crippen LogP contribution in [-0.2, 0) is 0 Å². The molecule has 250 valence electrons. The molecule has 0 radical (unpaired) electrons. The Morgan fingerprint density at radius 3 is 1.31 bits per heavy atom. The molecule has 54 heavy (non-hydrogen) atoms. The van der Waals surface area contributed by atoms with E-state index in [-0.39, 0.29) is 0 Å². The van der Waals surface area contributed by atoms with Crippen LogP contribution in [0.5, 0.6) is 0 Å². The number of hydrogen-bond donors (Lipinski definition) is 0. The van der Waals surface area contributed by atoms with Gasteiger partial charge < -0.3 is 0 Å². The molecule has 0 nitrogen and oxygen atoms in total. The molecule has 0 aliphatic heterocycles. The highest BCUT2D eigenvalue weighted by atomic mass is 14.2. The molecular weight excluding hydrogens is 649 g/mol. The third-order valence-corrected chi connectivity index (χ3v) is 11.4. The molecule has 0 aromatic heterocycles. The molecule has 11 aromatic rings. The minimum Gasteiger partial charge on any atom is -0.0622 e. The lowest BCUT2D eigenvalue weighted by molar-refractivity contribution is 1.64. The lowest BCUT2D eigenvalue weighted by Crippen LogP contribution is -1.92. The van der Waals surface area contributed by atoms with Crippen LogP contribution in [0.3, 0.4) is 0 Å². The molecule has 0 aliphatic carbocycles. The predicted octanol–water partition coefficient (Wildman–Crippen LogP) is 15.3. The number of hydrogen-bond acceptors (Lipinski definition) is 0. The zero-order valence-corrected chi connectivity index (χ0v) is 29.6. The van der Waals surface area contributed by atoms with Crippen LogP contribution in [0.1, 0.15) is 0 Å². The van der Waals surface area contributed by atoms with Gasteiger partial charge in [0.15, 0.2) is 0 Å². The van der Waals surface area contributed by atoms with Gasteiger partial charge in [-0.15, -0.1) is 0 Å². The van der Waals surface area contributed by atoms with Crippen LogP contribution in [0, 0.1) is 0 Å². The number of rotatable bonds is 4. The Kier molecular flexibility index (Phi) is 6.97. The lowest BCUT2D eigenvalue weighted by Gasteiger charge is -2.20. The monoisotopic (exact) mass is 682 g/mol. The van der Waals surface area contributed by atoms with Crippen LogP contribution in [0.15, 0.2) is 206 Å². The molecule has 11 rings (SSSR count). The largest absolute Gasteiger partial charge is 0.0622 e. The summed E-state index contributed by atoms with van der Waals surface area (Å²) in [4.78, 5) is 0. The van der Waals surface area contributed by atoms with Gasteiger partial charge in [0, 0.05) is 0 Å². The fourth-order valence-corrected chi connectivity index (χ4v) is 8.98. The van der Waals surface area contributed by atoms with E-state index in [1.165, 1.54) is 109 Å². The molecular formula is C54H34. The summed E-state index contributed by atoms with van der Waals surface area (Å²) in [5.41, 5.74) is 10.0. The number of fused-ring (bicyclic) bond motifs is 7. The van der Waals surface area contributed by atoms with Crippen molar-refractivity contribution in [3.63, 3.8) is 0 Å². The van der Waals surface area contributed by atoms with Crippen molar-refractivity contribution in [2.24, 2.45) is 0 Å². The van der Waals surface area contributed by atoms with E-state index in [4.69, 9.17) is 0 Å². The fraction of sp³-hybridized carbons (Fsp3) is 0. The summed E-state index contributed by atoms with van der Waals surface area (Å²) in [6.07, 6.45) is 0. The fourth-order valence-electron chi connectivity index (χ4n) is 8.98. The topological polar surface area (TPSA) is 0 Å². The second-order valence-corrected chi connectivity index (χ2v) is 14.4. The zero-order valence-electron chi connectivity index (χ0n) is 29.6. The van der Waals surface area contributed by atoms with Gasteiger partial charge in [0.1, 0.15) is 0 Å². The molecule has 0 aliphatic rings. The van der Waals surface area contributed by atoms with E-state index in [1.54, 1.807) is 0 Å². The summed E-state index contributed by atoms with van der Waals surface area (Å²) < 4.78 is 0. The highest BCUT2D eigenvalue weighted by molar-refractivity contribution is 6.24. The van der Waals surface area contributed by atoms with E-state index in [1.807, 2.05) is 0 Å². The third kappa shape index (κ3) is 4.78. The van der Waals surface area contributed by atoms with Gasteiger partial charge in [-0.3, -0.25) is 0 Å². The molecule has 11 aromatic carbocycles. The maximum atomic E-state index is 2.40. The predicted molar refractivity (Wildman–Crippen MR) is 233 cm³/mol. The van der Waals surface area contributed by atoms with Crippen molar-refractivity contribution >= 4 is 64.6 Å². The Morgan fingerprint density at radius 1 is 0.185 bits per heavy atom. The van der Waals surface area contributed by atoms with Crippen molar-refractivity contribution in [1.82, 2.24) is 0 Å². The van der Waals surface area contributed by atoms with Crippen molar-refractivity contribution in [3.8, 4) is 44.5 Å². The van der Waals surface area contributed by atoms with Gasteiger partial charge in [-0.2, -0.15) is 0 Å². The second kappa shape index (κ2) is 12.3. The van der Waals surface area contributed by atoms with Crippen molar-refractivity contribution < 1.29 is 0 Å². The van der Waals surface area contributed by atoms with E-state index in [0.29, 0.717) is 0 Å². The Balaban J connectivity index is 1.14. The molecule has 0 spiro atoms. The summed E-state index contributed by atoms with van der Waals surface area (Å²) in [6, 6.07) is 76.1. The highest BCUT2D eigenvalue weighted by Crippen LogP contribution is 2.47. The van der Waals surface area contributed by atoms with Gasteiger partial charge in [-0.1, -0.05) is 188 Å². The summed E-state index contributed by atoms with van der Waals surface area (Å²) in [5.74, 6) is 0. The van der Waals surface area contributed by atoms with Gasteiger partial charge in [0.2, 0.25) is 0 Å². The van der Waals surface area contributed by atoms with Gasteiger partial charge >= 0.3 is 0 Å². The minimum atomic E-state index is 1.23. The summed E-state index contributed by atoms with van der Waals surface area (Å²) in [6.45, 7) is 0. The standard InChI is InChI=1S/C54H34/c1-2-14-36(15-3-1)42-30-31-51(45-20-8-6-19-44(42)45)54-49-24-12-10-22-47(49)53(48-23-11-13-25-50(48)54)39-29-27-35-26-28-38(32-40(35)33-39)52-34-37-16-4-5-17-41(37)43-18-7-9-21-46(43)52/h1-34H. The van der Waals surface area contributed by atoms with Crippen LogP contribution >= 0.6 is 0 Å². The van der Waals surface area contributed by atoms with Crippen LogP contribution in [0.25, 0.3) is 109 Å². The van der Waals surface area contributed by atoms with Gasteiger partial charge in [-0.05, 0) is 127 Å². The summed E-state index contributed by atoms with van der Waals surface area (Å²) >= 11 is 0. The molecule has 0 atom stereocenters. The van der Waals surface area contributed by atoms with E-state index < -0.39 is 0 Å². The number of benzene rings is 11. The smallest absolute Gasteiger partial charge is 0.00201 e. The first-order valence-corrected chi connectivity index (χ1v) is 18.8. The molecule has 0 N–H and O–H groups in total. The van der Waals surface area contributed by atoms with Crippen LogP contribution in [0.2, 0.25) is 0 Å². The van der Waals surface area contributed by atoms with Gasteiger partial charge in [0.25, 0.3) is 0 Å².